The van der Waals surface area contributed by atoms with Crippen molar-refractivity contribution in [3.05, 3.63) is 59.8 Å². The molecule has 0 spiro atoms. The van der Waals surface area contributed by atoms with Crippen LogP contribution >= 0.6 is 24.0 Å². The topological polar surface area (TPSA) is 58.5 Å². The number of aliphatic imine (C=N–C) groups is 1. The molecule has 1 aromatic heterocycles. The van der Waals surface area contributed by atoms with Crippen LogP contribution in [0.2, 0.25) is 0 Å². The molecule has 0 saturated heterocycles. The number of benzene rings is 1. The summed E-state index contributed by atoms with van der Waals surface area (Å²) in [6.07, 6.45) is 1.76. The zero-order valence-electron chi connectivity index (χ0n) is 15.7. The van der Waals surface area contributed by atoms with Crippen LogP contribution in [0.5, 0.6) is 5.88 Å². The van der Waals surface area contributed by atoms with E-state index in [1.54, 1.807) is 6.20 Å². The molecular formula is C20H29IN4O. The molecule has 1 heterocycles. The first-order valence-electron chi connectivity index (χ1n) is 8.81. The molecular weight excluding hydrogens is 439 g/mol. The maximum atomic E-state index is 5.78. The first-order valence-corrected chi connectivity index (χ1v) is 8.81. The van der Waals surface area contributed by atoms with Gasteiger partial charge >= 0.3 is 0 Å². The number of halogens is 1. The number of nitrogens with one attached hydrogen (secondary N) is 2. The normalized spacial score (nSPS) is 11.0. The molecule has 0 fully saturated rings. The van der Waals surface area contributed by atoms with E-state index in [0.717, 1.165) is 30.2 Å². The maximum Gasteiger partial charge on any atom is 0.213 e. The minimum atomic E-state index is 0. The molecule has 2 N–H and O–H groups in total. The quantitative estimate of drug-likeness (QED) is 0.350. The molecule has 0 amide bonds. The van der Waals surface area contributed by atoms with Crippen molar-refractivity contribution >= 4 is 29.9 Å². The highest BCUT2D eigenvalue weighted by Gasteiger charge is 2.02. The molecule has 5 nitrogen and oxygen atoms in total. The molecule has 0 atom stereocenters. The first kappa shape index (κ1) is 22.2. The molecule has 0 aliphatic carbocycles. The Morgan fingerprint density at radius 2 is 1.88 bits per heavy atom. The number of nitrogens with zero attached hydrogens (tertiary/aromatic N) is 2. The van der Waals surface area contributed by atoms with Gasteiger partial charge in [-0.3, -0.25) is 0 Å². The molecule has 6 heteroatoms. The van der Waals surface area contributed by atoms with E-state index in [1.165, 1.54) is 0 Å². The molecule has 0 aliphatic heterocycles. The zero-order valence-corrected chi connectivity index (χ0v) is 18.1. The van der Waals surface area contributed by atoms with Crippen molar-refractivity contribution < 1.29 is 4.74 Å². The number of ether oxygens (including phenoxy) is 1. The van der Waals surface area contributed by atoms with Gasteiger partial charge in [-0.2, -0.15) is 0 Å². The average Bonchev–Trinajstić information content (AvgIpc) is 2.63. The summed E-state index contributed by atoms with van der Waals surface area (Å²) in [7, 11) is 0. The van der Waals surface area contributed by atoms with E-state index in [2.05, 4.69) is 41.4 Å². The van der Waals surface area contributed by atoms with Crippen molar-refractivity contribution in [1.29, 1.82) is 0 Å². The monoisotopic (exact) mass is 468 g/mol. The molecule has 2 aromatic rings. The minimum Gasteiger partial charge on any atom is -0.473 e. The number of hydrogen-bond acceptors (Lipinski definition) is 3. The van der Waals surface area contributed by atoms with Gasteiger partial charge in [-0.1, -0.05) is 44.2 Å². The predicted octanol–water partition coefficient (Wildman–Crippen LogP) is 3.99. The Morgan fingerprint density at radius 3 is 2.58 bits per heavy atom. The van der Waals surface area contributed by atoms with E-state index < -0.39 is 0 Å². The third kappa shape index (κ3) is 8.51. The van der Waals surface area contributed by atoms with Crippen LogP contribution in [0.4, 0.5) is 0 Å². The average molecular weight is 468 g/mol. The second-order valence-corrected chi connectivity index (χ2v) is 6.25. The summed E-state index contributed by atoms with van der Waals surface area (Å²) in [6.45, 7) is 9.25. The highest BCUT2D eigenvalue weighted by atomic mass is 127. The molecule has 0 aliphatic rings. The maximum absolute atomic E-state index is 5.78. The third-order valence-electron chi connectivity index (χ3n) is 3.47. The van der Waals surface area contributed by atoms with Crippen molar-refractivity contribution in [1.82, 2.24) is 15.6 Å². The van der Waals surface area contributed by atoms with Gasteiger partial charge < -0.3 is 15.4 Å². The summed E-state index contributed by atoms with van der Waals surface area (Å²) in [5.74, 6) is 2.03. The summed E-state index contributed by atoms with van der Waals surface area (Å²) in [6, 6.07) is 14.0. The van der Waals surface area contributed by atoms with Gasteiger partial charge in [-0.05, 0) is 30.0 Å². The van der Waals surface area contributed by atoms with Gasteiger partial charge in [0.15, 0.2) is 5.96 Å². The summed E-state index contributed by atoms with van der Waals surface area (Å²) in [4.78, 5) is 8.90. The van der Waals surface area contributed by atoms with Crippen molar-refractivity contribution in [2.75, 3.05) is 13.1 Å². The fourth-order valence-corrected chi connectivity index (χ4v) is 2.17. The molecule has 0 radical (unpaired) electrons. The minimum absolute atomic E-state index is 0. The van der Waals surface area contributed by atoms with E-state index in [1.807, 2.05) is 42.5 Å². The van der Waals surface area contributed by atoms with Gasteiger partial charge in [0.05, 0.1) is 6.54 Å². The summed E-state index contributed by atoms with van der Waals surface area (Å²) < 4.78 is 5.78. The molecule has 142 valence electrons. The molecule has 0 saturated carbocycles. The Kier molecular flexibility index (Phi) is 10.7. The lowest BCUT2D eigenvalue weighted by molar-refractivity contribution is 0.293. The molecule has 0 unspecified atom stereocenters. The summed E-state index contributed by atoms with van der Waals surface area (Å²) in [5, 5.41) is 6.61. The van der Waals surface area contributed by atoms with Gasteiger partial charge in [0, 0.05) is 25.4 Å². The zero-order chi connectivity index (χ0) is 17.9. The molecule has 1 aromatic carbocycles. The van der Waals surface area contributed by atoms with E-state index >= 15 is 0 Å². The Morgan fingerprint density at radius 1 is 1.12 bits per heavy atom. The fourth-order valence-electron chi connectivity index (χ4n) is 2.17. The largest absolute Gasteiger partial charge is 0.473 e. The number of guanidine groups is 1. The van der Waals surface area contributed by atoms with Crippen LogP contribution in [0.3, 0.4) is 0 Å². The van der Waals surface area contributed by atoms with Gasteiger partial charge in [-0.25, -0.2) is 9.98 Å². The van der Waals surface area contributed by atoms with Crippen LogP contribution < -0.4 is 15.4 Å². The van der Waals surface area contributed by atoms with E-state index in [4.69, 9.17) is 4.74 Å². The van der Waals surface area contributed by atoms with E-state index in [-0.39, 0.29) is 24.0 Å². The van der Waals surface area contributed by atoms with Gasteiger partial charge in [0.2, 0.25) is 5.88 Å². The van der Waals surface area contributed by atoms with Crippen molar-refractivity contribution in [2.45, 2.75) is 33.9 Å². The van der Waals surface area contributed by atoms with Gasteiger partial charge in [0.1, 0.15) is 6.61 Å². The van der Waals surface area contributed by atoms with Crippen LogP contribution in [0.1, 0.15) is 31.9 Å². The fraction of sp³-hybridized carbons (Fsp3) is 0.400. The van der Waals surface area contributed by atoms with Crippen LogP contribution in [0, 0.1) is 5.92 Å². The lowest BCUT2D eigenvalue weighted by atomic mass is 10.2. The number of hydrogen-bond donors (Lipinski definition) is 2. The van der Waals surface area contributed by atoms with E-state index in [9.17, 15) is 0 Å². The lowest BCUT2D eigenvalue weighted by Gasteiger charge is -2.13. The SMILES string of the molecule is CCNC(=NCc1ccnc(OCc2ccccc2)c1)NCC(C)C.I. The second-order valence-electron chi connectivity index (χ2n) is 6.25. The Hall–Kier alpha value is -1.83. The smallest absolute Gasteiger partial charge is 0.213 e. The van der Waals surface area contributed by atoms with Crippen LogP contribution in [0.25, 0.3) is 0 Å². The standard InChI is InChI=1S/C20H28N4O.HI/c1-4-21-20(23-13-16(2)3)24-14-18-10-11-22-19(12-18)25-15-17-8-6-5-7-9-17;/h5-12,16H,4,13-15H2,1-3H3,(H2,21,23,24);1H. The molecule has 2 rings (SSSR count). The Balaban J connectivity index is 0.00000338. The summed E-state index contributed by atoms with van der Waals surface area (Å²) in [5.41, 5.74) is 2.19. The summed E-state index contributed by atoms with van der Waals surface area (Å²) >= 11 is 0. The van der Waals surface area contributed by atoms with Crippen LogP contribution in [-0.4, -0.2) is 24.0 Å². The van der Waals surface area contributed by atoms with E-state index in [0.29, 0.717) is 24.9 Å². The van der Waals surface area contributed by atoms with Crippen molar-refractivity contribution in [3.63, 3.8) is 0 Å². The number of rotatable bonds is 8. The van der Waals surface area contributed by atoms with Crippen molar-refractivity contribution in [3.8, 4) is 5.88 Å². The van der Waals surface area contributed by atoms with Crippen LogP contribution in [0.15, 0.2) is 53.7 Å². The highest BCUT2D eigenvalue weighted by Crippen LogP contribution is 2.12. The highest BCUT2D eigenvalue weighted by molar-refractivity contribution is 14.0. The number of pyridine rings is 1. The number of aromatic nitrogens is 1. The molecule has 26 heavy (non-hydrogen) atoms. The second kappa shape index (κ2) is 12.5. The molecule has 0 bridgehead atoms. The van der Waals surface area contributed by atoms with Crippen molar-refractivity contribution in [2.24, 2.45) is 10.9 Å². The predicted molar refractivity (Wildman–Crippen MR) is 118 cm³/mol. The first-order chi connectivity index (χ1) is 12.2. The van der Waals surface area contributed by atoms with Gasteiger partial charge in [-0.15, -0.1) is 24.0 Å². The Bertz CT molecular complexity index is 662. The Labute approximate surface area is 173 Å². The van der Waals surface area contributed by atoms with Crippen LogP contribution in [-0.2, 0) is 13.2 Å². The van der Waals surface area contributed by atoms with Gasteiger partial charge in [0.25, 0.3) is 0 Å². The lowest BCUT2D eigenvalue weighted by Crippen LogP contribution is -2.39. The third-order valence-corrected chi connectivity index (χ3v) is 3.47.